The van der Waals surface area contributed by atoms with Crippen molar-refractivity contribution in [3.63, 3.8) is 0 Å². The van der Waals surface area contributed by atoms with Crippen molar-refractivity contribution >= 4 is 27.5 Å². The average Bonchev–Trinajstić information content (AvgIpc) is 2.10. The molecule has 0 aliphatic heterocycles. The first-order valence-electron chi connectivity index (χ1n) is 4.67. The van der Waals surface area contributed by atoms with Gasteiger partial charge in [0.1, 0.15) is 0 Å². The molecule has 0 spiro atoms. The van der Waals surface area contributed by atoms with Crippen molar-refractivity contribution in [3.8, 4) is 0 Å². The molecular formula is C10H16BrClO2. The van der Waals surface area contributed by atoms with Gasteiger partial charge in [-0.3, -0.25) is 0 Å². The molecule has 4 heteroatoms. The van der Waals surface area contributed by atoms with E-state index < -0.39 is 12.2 Å². The molecule has 2 nitrogen and oxygen atoms in total. The van der Waals surface area contributed by atoms with E-state index in [1.165, 1.54) is 0 Å². The molecule has 14 heavy (non-hydrogen) atoms. The van der Waals surface area contributed by atoms with Crippen LogP contribution in [0.4, 0.5) is 0 Å². The maximum atomic E-state index is 9.76. The van der Waals surface area contributed by atoms with Crippen molar-refractivity contribution in [2.24, 2.45) is 5.41 Å². The van der Waals surface area contributed by atoms with Crippen LogP contribution in [0.25, 0.3) is 0 Å². The van der Waals surface area contributed by atoms with E-state index in [-0.39, 0.29) is 16.1 Å². The minimum atomic E-state index is -0.731. The van der Waals surface area contributed by atoms with Gasteiger partial charge >= 0.3 is 0 Å². The number of alkyl halides is 2. The molecule has 1 rings (SSSR count). The highest BCUT2D eigenvalue weighted by atomic mass is 79.9. The van der Waals surface area contributed by atoms with E-state index in [0.717, 1.165) is 0 Å². The highest BCUT2D eigenvalue weighted by Crippen LogP contribution is 2.39. The molecule has 0 aromatic carbocycles. The SMILES string of the molecule is CC1(C)C=C(C(O)CCl)[C@@H](O)C[C@@H]1Br. The number of aliphatic hydroxyl groups excluding tert-OH is 2. The summed E-state index contributed by atoms with van der Waals surface area (Å²) >= 11 is 9.10. The lowest BCUT2D eigenvalue weighted by Crippen LogP contribution is -2.37. The highest BCUT2D eigenvalue weighted by molar-refractivity contribution is 9.09. The number of rotatable bonds is 2. The zero-order valence-corrected chi connectivity index (χ0v) is 10.7. The van der Waals surface area contributed by atoms with Crippen LogP contribution in [-0.2, 0) is 0 Å². The summed E-state index contributed by atoms with van der Waals surface area (Å²) in [7, 11) is 0. The largest absolute Gasteiger partial charge is 0.389 e. The van der Waals surface area contributed by atoms with Crippen molar-refractivity contribution in [2.75, 3.05) is 5.88 Å². The van der Waals surface area contributed by atoms with Crippen molar-refractivity contribution in [1.29, 1.82) is 0 Å². The summed E-state index contributed by atoms with van der Waals surface area (Å²) in [4.78, 5) is 0.233. The number of halogens is 2. The van der Waals surface area contributed by atoms with Gasteiger partial charge in [-0.15, -0.1) is 11.6 Å². The van der Waals surface area contributed by atoms with Gasteiger partial charge in [0.2, 0.25) is 0 Å². The highest BCUT2D eigenvalue weighted by Gasteiger charge is 2.35. The molecule has 0 saturated heterocycles. The fourth-order valence-electron chi connectivity index (χ4n) is 1.66. The summed E-state index contributed by atoms with van der Waals surface area (Å²) in [5, 5.41) is 19.4. The Bertz CT molecular complexity index is 240. The second-order valence-corrected chi connectivity index (χ2v) is 5.77. The van der Waals surface area contributed by atoms with Crippen LogP contribution in [0.1, 0.15) is 20.3 Å². The third kappa shape index (κ3) is 2.51. The van der Waals surface area contributed by atoms with E-state index in [9.17, 15) is 10.2 Å². The Hall–Kier alpha value is 0.430. The topological polar surface area (TPSA) is 40.5 Å². The third-order valence-corrected chi connectivity index (χ3v) is 4.54. The molecular weight excluding hydrogens is 267 g/mol. The summed E-state index contributed by atoms with van der Waals surface area (Å²) in [6, 6.07) is 0. The van der Waals surface area contributed by atoms with Crippen LogP contribution >= 0.6 is 27.5 Å². The van der Waals surface area contributed by atoms with E-state index in [2.05, 4.69) is 29.8 Å². The van der Waals surface area contributed by atoms with E-state index in [4.69, 9.17) is 11.6 Å². The molecule has 0 bridgehead atoms. The molecule has 0 fully saturated rings. The van der Waals surface area contributed by atoms with Gasteiger partial charge in [-0.2, -0.15) is 0 Å². The quantitative estimate of drug-likeness (QED) is 0.602. The average molecular weight is 284 g/mol. The molecule has 0 radical (unpaired) electrons. The van der Waals surface area contributed by atoms with E-state index in [1.54, 1.807) is 0 Å². The Balaban J connectivity index is 2.93. The van der Waals surface area contributed by atoms with Gasteiger partial charge in [0, 0.05) is 4.83 Å². The molecule has 0 saturated carbocycles. The van der Waals surface area contributed by atoms with E-state index in [1.807, 2.05) is 6.08 Å². The Kier molecular flexibility index (Phi) is 4.03. The summed E-state index contributed by atoms with van der Waals surface area (Å²) in [5.74, 6) is 0.131. The standard InChI is InChI=1S/C10H16BrClO2/c1-10(2)4-6(8(14)5-12)7(13)3-9(10)11/h4,7-9,13-14H,3,5H2,1-2H3/t7-,8?,9-/m0/s1. The number of hydrogen-bond acceptors (Lipinski definition) is 2. The molecule has 0 amide bonds. The van der Waals surface area contributed by atoms with Crippen LogP contribution < -0.4 is 0 Å². The third-order valence-electron chi connectivity index (χ3n) is 2.69. The van der Waals surface area contributed by atoms with Gasteiger partial charge in [0.15, 0.2) is 0 Å². The lowest BCUT2D eigenvalue weighted by molar-refractivity contribution is 0.127. The Morgan fingerprint density at radius 3 is 2.79 bits per heavy atom. The lowest BCUT2D eigenvalue weighted by Gasteiger charge is -2.37. The molecule has 0 aromatic rings. The first kappa shape index (κ1) is 12.5. The van der Waals surface area contributed by atoms with Gasteiger partial charge in [0.05, 0.1) is 18.1 Å². The maximum Gasteiger partial charge on any atom is 0.0910 e. The van der Waals surface area contributed by atoms with Crippen LogP contribution in [0, 0.1) is 5.41 Å². The molecule has 0 heterocycles. The van der Waals surface area contributed by atoms with Crippen LogP contribution in [0.2, 0.25) is 0 Å². The zero-order chi connectivity index (χ0) is 10.9. The number of allylic oxidation sites excluding steroid dienone is 1. The van der Waals surface area contributed by atoms with Crippen LogP contribution in [0.3, 0.4) is 0 Å². The van der Waals surface area contributed by atoms with Crippen molar-refractivity contribution in [1.82, 2.24) is 0 Å². The predicted molar refractivity (Wildman–Crippen MR) is 61.9 cm³/mol. The molecule has 0 aromatic heterocycles. The fraction of sp³-hybridized carbons (Fsp3) is 0.800. The van der Waals surface area contributed by atoms with Crippen molar-refractivity contribution in [3.05, 3.63) is 11.6 Å². The van der Waals surface area contributed by atoms with Crippen LogP contribution in [0.15, 0.2) is 11.6 Å². The van der Waals surface area contributed by atoms with Gasteiger partial charge in [-0.05, 0) is 17.4 Å². The molecule has 1 unspecified atom stereocenters. The summed E-state index contributed by atoms with van der Waals surface area (Å²) in [6.07, 6.45) is 1.23. The van der Waals surface area contributed by atoms with Gasteiger partial charge in [0.25, 0.3) is 0 Å². The van der Waals surface area contributed by atoms with Gasteiger partial charge in [-0.25, -0.2) is 0 Å². The van der Waals surface area contributed by atoms with E-state index >= 15 is 0 Å². The van der Waals surface area contributed by atoms with Crippen molar-refractivity contribution in [2.45, 2.75) is 37.3 Å². The Labute approximate surface area is 98.1 Å². The fourth-order valence-corrected chi connectivity index (χ4v) is 2.32. The molecule has 82 valence electrons. The van der Waals surface area contributed by atoms with Crippen molar-refractivity contribution < 1.29 is 10.2 Å². The normalized spacial score (nSPS) is 33.7. The maximum absolute atomic E-state index is 9.76. The molecule has 3 atom stereocenters. The molecule has 2 N–H and O–H groups in total. The monoisotopic (exact) mass is 282 g/mol. The minimum Gasteiger partial charge on any atom is -0.389 e. The summed E-state index contributed by atoms with van der Waals surface area (Å²) < 4.78 is 0. The molecule has 1 aliphatic carbocycles. The minimum absolute atomic E-state index is 0.0540. The lowest BCUT2D eigenvalue weighted by atomic mass is 9.77. The Morgan fingerprint density at radius 1 is 1.71 bits per heavy atom. The Morgan fingerprint density at radius 2 is 2.29 bits per heavy atom. The van der Waals surface area contributed by atoms with E-state index in [0.29, 0.717) is 12.0 Å². The number of hydrogen-bond donors (Lipinski definition) is 2. The summed E-state index contributed by atoms with van der Waals surface area (Å²) in [5.41, 5.74) is 0.599. The first-order chi connectivity index (χ1) is 6.38. The summed E-state index contributed by atoms with van der Waals surface area (Å²) in [6.45, 7) is 4.14. The second-order valence-electron chi connectivity index (χ2n) is 4.35. The second kappa shape index (κ2) is 4.52. The van der Waals surface area contributed by atoms with Crippen LogP contribution in [-0.4, -0.2) is 33.1 Å². The molecule has 1 aliphatic rings. The van der Waals surface area contributed by atoms with Gasteiger partial charge in [-0.1, -0.05) is 35.9 Å². The predicted octanol–water partition coefficient (Wildman–Crippen LogP) is 2.07. The van der Waals surface area contributed by atoms with Gasteiger partial charge < -0.3 is 10.2 Å². The zero-order valence-electron chi connectivity index (χ0n) is 8.37. The first-order valence-corrected chi connectivity index (χ1v) is 6.12. The van der Waals surface area contributed by atoms with Crippen LogP contribution in [0.5, 0.6) is 0 Å². The smallest absolute Gasteiger partial charge is 0.0910 e. The number of aliphatic hydroxyl groups is 2.